The van der Waals surface area contributed by atoms with E-state index < -0.39 is 0 Å². The molecule has 13 heavy (non-hydrogen) atoms. The summed E-state index contributed by atoms with van der Waals surface area (Å²) in [5.41, 5.74) is 7.21. The van der Waals surface area contributed by atoms with Crippen molar-refractivity contribution in [1.29, 1.82) is 0 Å². The zero-order valence-electron chi connectivity index (χ0n) is 8.70. The highest BCUT2D eigenvalue weighted by atomic mass is 15.3. The Labute approximate surface area is 79.9 Å². The average molecular weight is 181 g/mol. The lowest BCUT2D eigenvalue weighted by Crippen LogP contribution is -2.33. The molecule has 0 fully saturated rings. The number of aryl methyl sites for hydroxylation is 1. The molecule has 0 aromatic carbocycles. The molecule has 1 heterocycles. The van der Waals surface area contributed by atoms with Crippen molar-refractivity contribution in [2.45, 2.75) is 39.8 Å². The Balaban J connectivity index is 2.54. The maximum absolute atomic E-state index is 6.03. The van der Waals surface area contributed by atoms with Crippen LogP contribution in [0, 0.1) is 12.8 Å². The van der Waals surface area contributed by atoms with E-state index in [9.17, 15) is 0 Å². The largest absolute Gasteiger partial charge is 0.326 e. The second-order valence-corrected chi connectivity index (χ2v) is 3.70. The van der Waals surface area contributed by atoms with Crippen molar-refractivity contribution < 1.29 is 0 Å². The second kappa shape index (κ2) is 4.42. The van der Waals surface area contributed by atoms with E-state index in [1.807, 2.05) is 16.9 Å². The van der Waals surface area contributed by atoms with E-state index in [1.165, 1.54) is 5.69 Å². The van der Waals surface area contributed by atoms with Crippen LogP contribution in [0.1, 0.15) is 26.0 Å². The zero-order chi connectivity index (χ0) is 9.84. The Bertz CT molecular complexity index is 254. The van der Waals surface area contributed by atoms with Crippen LogP contribution >= 0.6 is 0 Å². The fraction of sp³-hybridized carbons (Fsp3) is 0.700. The highest BCUT2D eigenvalue weighted by Crippen LogP contribution is 2.08. The Morgan fingerprint density at radius 1 is 1.62 bits per heavy atom. The molecule has 2 unspecified atom stereocenters. The molecule has 0 radical (unpaired) electrons. The van der Waals surface area contributed by atoms with Crippen LogP contribution < -0.4 is 5.73 Å². The molecule has 0 aliphatic carbocycles. The van der Waals surface area contributed by atoms with Crippen LogP contribution in [-0.4, -0.2) is 15.8 Å². The normalized spacial score (nSPS) is 15.7. The number of rotatable bonds is 4. The van der Waals surface area contributed by atoms with E-state index in [1.54, 1.807) is 0 Å². The molecule has 0 spiro atoms. The fourth-order valence-corrected chi connectivity index (χ4v) is 1.27. The molecule has 1 aromatic rings. The van der Waals surface area contributed by atoms with E-state index in [2.05, 4.69) is 25.9 Å². The lowest BCUT2D eigenvalue weighted by molar-refractivity contribution is 0.378. The van der Waals surface area contributed by atoms with Gasteiger partial charge in [0.1, 0.15) is 0 Å². The first-order valence-electron chi connectivity index (χ1n) is 4.89. The van der Waals surface area contributed by atoms with Gasteiger partial charge in [0.15, 0.2) is 0 Å². The van der Waals surface area contributed by atoms with Gasteiger partial charge in [-0.3, -0.25) is 4.68 Å². The average Bonchev–Trinajstić information content (AvgIpc) is 2.50. The number of aromatic nitrogens is 2. The summed E-state index contributed by atoms with van der Waals surface area (Å²) in [7, 11) is 0. The molecular formula is C10H19N3. The minimum atomic E-state index is 0.212. The molecule has 1 aromatic heterocycles. The van der Waals surface area contributed by atoms with Crippen LogP contribution in [0.15, 0.2) is 12.3 Å². The minimum absolute atomic E-state index is 0.212. The quantitative estimate of drug-likeness (QED) is 0.766. The summed E-state index contributed by atoms with van der Waals surface area (Å²) in [6, 6.07) is 2.21. The predicted octanol–water partition coefficient (Wildman–Crippen LogP) is 1.56. The summed E-state index contributed by atoms with van der Waals surface area (Å²) in [5, 5.41) is 4.21. The monoisotopic (exact) mass is 181 g/mol. The van der Waals surface area contributed by atoms with E-state index >= 15 is 0 Å². The van der Waals surface area contributed by atoms with Crippen LogP contribution in [0.2, 0.25) is 0 Å². The summed E-state index contributed by atoms with van der Waals surface area (Å²) < 4.78 is 1.97. The van der Waals surface area contributed by atoms with Gasteiger partial charge in [-0.2, -0.15) is 5.10 Å². The topological polar surface area (TPSA) is 43.8 Å². The van der Waals surface area contributed by atoms with Crippen molar-refractivity contribution in [1.82, 2.24) is 9.78 Å². The number of hydrogen-bond donors (Lipinski definition) is 1. The molecule has 74 valence electrons. The van der Waals surface area contributed by atoms with Crippen molar-refractivity contribution in [3.63, 3.8) is 0 Å². The maximum Gasteiger partial charge on any atom is 0.0566 e. The Kier molecular flexibility index (Phi) is 3.48. The van der Waals surface area contributed by atoms with Crippen molar-refractivity contribution in [3.8, 4) is 0 Å². The van der Waals surface area contributed by atoms with Crippen molar-refractivity contribution in [2.75, 3.05) is 0 Å². The second-order valence-electron chi connectivity index (χ2n) is 3.70. The first-order valence-corrected chi connectivity index (χ1v) is 4.89. The molecule has 3 nitrogen and oxygen atoms in total. The molecule has 0 amide bonds. The zero-order valence-corrected chi connectivity index (χ0v) is 8.70. The standard InChI is InChI=1S/C10H19N3/c1-4-8(2)10(11)7-13-9(3)5-6-12-13/h5-6,8,10H,4,7,11H2,1-3H3. The smallest absolute Gasteiger partial charge is 0.0566 e. The first kappa shape index (κ1) is 10.3. The van der Waals surface area contributed by atoms with Gasteiger partial charge in [0.05, 0.1) is 6.54 Å². The van der Waals surface area contributed by atoms with E-state index in [-0.39, 0.29) is 6.04 Å². The van der Waals surface area contributed by atoms with E-state index in [4.69, 9.17) is 5.73 Å². The first-order chi connectivity index (χ1) is 6.15. The molecule has 3 heteroatoms. The van der Waals surface area contributed by atoms with Crippen molar-refractivity contribution >= 4 is 0 Å². The summed E-state index contributed by atoms with van der Waals surface area (Å²) >= 11 is 0. The third kappa shape index (κ3) is 2.56. The SMILES string of the molecule is CCC(C)C(N)Cn1nccc1C. The minimum Gasteiger partial charge on any atom is -0.326 e. The molecule has 0 saturated heterocycles. The number of nitrogens with zero attached hydrogens (tertiary/aromatic N) is 2. The lowest BCUT2D eigenvalue weighted by atomic mass is 10.0. The molecular weight excluding hydrogens is 162 g/mol. The summed E-state index contributed by atoms with van der Waals surface area (Å²) in [6.45, 7) is 7.23. The molecule has 0 saturated carbocycles. The van der Waals surface area contributed by atoms with Gasteiger partial charge in [0.2, 0.25) is 0 Å². The van der Waals surface area contributed by atoms with Crippen LogP contribution in [0.3, 0.4) is 0 Å². The molecule has 0 bridgehead atoms. The van der Waals surface area contributed by atoms with Gasteiger partial charge in [0, 0.05) is 17.9 Å². The summed E-state index contributed by atoms with van der Waals surface area (Å²) in [5.74, 6) is 0.559. The van der Waals surface area contributed by atoms with Crippen LogP contribution in [0.4, 0.5) is 0 Å². The summed E-state index contributed by atoms with van der Waals surface area (Å²) in [6.07, 6.45) is 2.94. The molecule has 1 rings (SSSR count). The van der Waals surface area contributed by atoms with Gasteiger partial charge in [-0.15, -0.1) is 0 Å². The predicted molar refractivity (Wildman–Crippen MR) is 54.4 cm³/mol. The highest BCUT2D eigenvalue weighted by molar-refractivity contribution is 4.96. The lowest BCUT2D eigenvalue weighted by Gasteiger charge is -2.18. The third-order valence-electron chi connectivity index (χ3n) is 2.69. The van der Waals surface area contributed by atoms with Crippen LogP contribution in [0.5, 0.6) is 0 Å². The molecule has 0 aliphatic rings. The number of nitrogens with two attached hydrogens (primary N) is 1. The molecule has 0 aliphatic heterocycles. The van der Waals surface area contributed by atoms with Crippen LogP contribution in [-0.2, 0) is 6.54 Å². The van der Waals surface area contributed by atoms with Crippen LogP contribution in [0.25, 0.3) is 0 Å². The molecule has 2 atom stereocenters. The fourth-order valence-electron chi connectivity index (χ4n) is 1.27. The Hall–Kier alpha value is -0.830. The van der Waals surface area contributed by atoms with Gasteiger partial charge in [-0.25, -0.2) is 0 Å². The van der Waals surface area contributed by atoms with Gasteiger partial charge in [0.25, 0.3) is 0 Å². The highest BCUT2D eigenvalue weighted by Gasteiger charge is 2.11. The van der Waals surface area contributed by atoms with Gasteiger partial charge in [-0.05, 0) is 18.9 Å². The van der Waals surface area contributed by atoms with E-state index in [0.717, 1.165) is 13.0 Å². The summed E-state index contributed by atoms with van der Waals surface area (Å²) in [4.78, 5) is 0. The number of hydrogen-bond acceptors (Lipinski definition) is 2. The van der Waals surface area contributed by atoms with Crippen molar-refractivity contribution in [3.05, 3.63) is 18.0 Å². The third-order valence-corrected chi connectivity index (χ3v) is 2.69. The van der Waals surface area contributed by atoms with Crippen molar-refractivity contribution in [2.24, 2.45) is 11.7 Å². The van der Waals surface area contributed by atoms with Gasteiger partial charge in [-0.1, -0.05) is 20.3 Å². The molecule has 2 N–H and O–H groups in total. The van der Waals surface area contributed by atoms with Gasteiger partial charge >= 0.3 is 0 Å². The maximum atomic E-state index is 6.03. The van der Waals surface area contributed by atoms with E-state index in [0.29, 0.717) is 5.92 Å². The Morgan fingerprint density at radius 3 is 2.77 bits per heavy atom. The van der Waals surface area contributed by atoms with Gasteiger partial charge < -0.3 is 5.73 Å². The Morgan fingerprint density at radius 2 is 2.31 bits per heavy atom.